The highest BCUT2D eigenvalue weighted by molar-refractivity contribution is 5.69. The van der Waals surface area contributed by atoms with Gasteiger partial charge in [0.05, 0.1) is 25.7 Å². The van der Waals surface area contributed by atoms with Crippen molar-refractivity contribution in [1.82, 2.24) is 0 Å². The maximum atomic E-state index is 13.9. The molecule has 2 aromatic carbocycles. The van der Waals surface area contributed by atoms with Crippen molar-refractivity contribution in [2.45, 2.75) is 65.4 Å². The van der Waals surface area contributed by atoms with E-state index in [-0.39, 0.29) is 11.9 Å². The van der Waals surface area contributed by atoms with E-state index < -0.39 is 17.7 Å². The summed E-state index contributed by atoms with van der Waals surface area (Å²) >= 11 is 0. The molecule has 0 spiro atoms. The fourth-order valence-corrected chi connectivity index (χ4v) is 3.25. The molecular formula is C27H37FO5. The van der Waals surface area contributed by atoms with Gasteiger partial charge in [-0.05, 0) is 55.0 Å². The Labute approximate surface area is 196 Å². The zero-order valence-corrected chi connectivity index (χ0v) is 20.2. The van der Waals surface area contributed by atoms with E-state index >= 15 is 0 Å². The van der Waals surface area contributed by atoms with Crippen LogP contribution in [0.2, 0.25) is 0 Å². The summed E-state index contributed by atoms with van der Waals surface area (Å²) < 4.78 is 30.7. The van der Waals surface area contributed by atoms with Gasteiger partial charge >= 0.3 is 5.97 Å². The van der Waals surface area contributed by atoms with E-state index in [4.69, 9.17) is 19.3 Å². The molecule has 1 N–H and O–H groups in total. The maximum Gasteiger partial charge on any atom is 0.306 e. The van der Waals surface area contributed by atoms with Crippen LogP contribution >= 0.6 is 0 Å². The van der Waals surface area contributed by atoms with E-state index in [0.717, 1.165) is 24.2 Å². The summed E-state index contributed by atoms with van der Waals surface area (Å²) in [5, 5.41) is 9.03. The lowest BCUT2D eigenvalue weighted by Crippen LogP contribution is -2.37. The Kier molecular flexibility index (Phi) is 11.0. The molecular weight excluding hydrogens is 423 g/mol. The lowest BCUT2D eigenvalue weighted by Gasteiger charge is -2.35. The predicted molar refractivity (Wildman–Crippen MR) is 128 cm³/mol. The first-order chi connectivity index (χ1) is 16.0. The largest absolute Gasteiger partial charge is 0.493 e. The van der Waals surface area contributed by atoms with Crippen molar-refractivity contribution in [2.75, 3.05) is 13.7 Å². The van der Waals surface area contributed by atoms with Gasteiger partial charge in [0, 0.05) is 0 Å². The minimum absolute atomic E-state index is 0.0536. The zero-order valence-electron chi connectivity index (χ0n) is 20.2. The quantitative estimate of drug-likeness (QED) is 0.461. The molecule has 1 atom stereocenters. The lowest BCUT2D eigenvalue weighted by molar-refractivity contribution is -0.141. The van der Waals surface area contributed by atoms with Crippen LogP contribution in [0.15, 0.2) is 42.5 Å². The number of hydrogen-bond donors (Lipinski definition) is 1. The van der Waals surface area contributed by atoms with E-state index in [2.05, 4.69) is 0 Å². The van der Waals surface area contributed by atoms with E-state index in [1.54, 1.807) is 19.1 Å². The van der Waals surface area contributed by atoms with Crippen LogP contribution in [-0.4, -0.2) is 30.9 Å². The van der Waals surface area contributed by atoms with Crippen LogP contribution in [0.4, 0.5) is 4.39 Å². The van der Waals surface area contributed by atoms with Crippen LogP contribution in [0.1, 0.15) is 58.4 Å². The van der Waals surface area contributed by atoms with Crippen molar-refractivity contribution in [2.24, 2.45) is 11.8 Å². The summed E-state index contributed by atoms with van der Waals surface area (Å²) in [6.07, 6.45) is 6.48. The van der Waals surface area contributed by atoms with Crippen LogP contribution in [0.3, 0.4) is 0 Å². The number of methoxy groups -OCH3 is 1. The average molecular weight is 461 g/mol. The third kappa shape index (κ3) is 8.95. The first-order valence-electron chi connectivity index (χ1n) is 11.9. The number of rotatable bonds is 9. The smallest absolute Gasteiger partial charge is 0.306 e. The van der Waals surface area contributed by atoms with Crippen molar-refractivity contribution in [3.63, 3.8) is 0 Å². The predicted octanol–water partition coefficient (Wildman–Crippen LogP) is 6.53. The number of ether oxygens (including phenoxy) is 3. The minimum atomic E-state index is -0.807. The van der Waals surface area contributed by atoms with Gasteiger partial charge in [0.2, 0.25) is 0 Å². The van der Waals surface area contributed by atoms with Crippen molar-refractivity contribution in [3.05, 3.63) is 53.8 Å². The zero-order chi connectivity index (χ0) is 24.2. The normalized spacial score (nSPS) is 18.8. The Bertz CT molecular complexity index is 859. The molecule has 2 aliphatic rings. The Morgan fingerprint density at radius 3 is 2.39 bits per heavy atom. The lowest BCUT2D eigenvalue weighted by atomic mass is 9.83. The molecule has 182 valence electrons. The molecule has 33 heavy (non-hydrogen) atoms. The number of hydrogen-bond acceptors (Lipinski definition) is 4. The molecule has 0 aliphatic heterocycles. The number of para-hydroxylation sites is 1. The summed E-state index contributed by atoms with van der Waals surface area (Å²) in [6.45, 7) is 6.24. The van der Waals surface area contributed by atoms with Gasteiger partial charge < -0.3 is 19.3 Å². The average Bonchev–Trinajstić information content (AvgIpc) is 3.67. The Morgan fingerprint density at radius 2 is 1.79 bits per heavy atom. The second kappa shape index (κ2) is 13.7. The molecule has 2 aromatic rings. The van der Waals surface area contributed by atoms with E-state index in [0.29, 0.717) is 24.7 Å². The molecule has 4 rings (SSSR count). The Hall–Kier alpha value is -2.76. The highest BCUT2D eigenvalue weighted by Crippen LogP contribution is 2.37. The monoisotopic (exact) mass is 460 g/mol. The molecule has 0 bridgehead atoms. The molecule has 6 heteroatoms. The number of aliphatic carboxylic acids is 1. The molecule has 0 heterocycles. The van der Waals surface area contributed by atoms with Gasteiger partial charge in [-0.1, -0.05) is 58.2 Å². The van der Waals surface area contributed by atoms with Crippen LogP contribution in [0, 0.1) is 17.7 Å². The van der Waals surface area contributed by atoms with Crippen LogP contribution in [0.25, 0.3) is 0 Å². The summed E-state index contributed by atoms with van der Waals surface area (Å²) in [7, 11) is 1.49. The second-order valence-electron chi connectivity index (χ2n) is 8.31. The highest BCUT2D eigenvalue weighted by atomic mass is 19.1. The number of halogens is 1. The SMILES string of the molecule is C1CC1.CC.COc1cccc(F)c1OC1CC(COc2cccc(CC(C)C(=O)O)c2)C1. The fraction of sp³-hybridized carbons (Fsp3) is 0.519. The maximum absolute atomic E-state index is 13.9. The summed E-state index contributed by atoms with van der Waals surface area (Å²) in [4.78, 5) is 11.0. The van der Waals surface area contributed by atoms with Crippen molar-refractivity contribution in [1.29, 1.82) is 0 Å². The highest BCUT2D eigenvalue weighted by Gasteiger charge is 2.32. The molecule has 0 aromatic heterocycles. The number of carbonyl (C=O) groups is 1. The third-order valence-corrected chi connectivity index (χ3v) is 5.33. The fourth-order valence-electron chi connectivity index (χ4n) is 3.25. The Morgan fingerprint density at radius 1 is 1.12 bits per heavy atom. The van der Waals surface area contributed by atoms with Crippen LogP contribution < -0.4 is 14.2 Å². The van der Waals surface area contributed by atoms with E-state index in [1.807, 2.05) is 38.1 Å². The first-order valence-corrected chi connectivity index (χ1v) is 11.9. The molecule has 0 radical (unpaired) electrons. The van der Waals surface area contributed by atoms with Crippen molar-refractivity contribution in [3.8, 4) is 17.2 Å². The summed E-state index contributed by atoms with van der Waals surface area (Å²) in [5.41, 5.74) is 0.939. The molecule has 0 saturated heterocycles. The van der Waals surface area contributed by atoms with Gasteiger partial charge in [-0.25, -0.2) is 4.39 Å². The van der Waals surface area contributed by atoms with E-state index in [9.17, 15) is 9.18 Å². The number of benzene rings is 2. The molecule has 2 fully saturated rings. The van der Waals surface area contributed by atoms with Crippen molar-refractivity contribution >= 4 is 5.97 Å². The molecule has 1 unspecified atom stereocenters. The van der Waals surface area contributed by atoms with Gasteiger partial charge in [-0.3, -0.25) is 4.79 Å². The van der Waals surface area contributed by atoms with Gasteiger partial charge in [0.1, 0.15) is 5.75 Å². The molecule has 2 aliphatic carbocycles. The summed E-state index contributed by atoms with van der Waals surface area (Å²) in [6, 6.07) is 12.1. The van der Waals surface area contributed by atoms with Gasteiger partial charge in [-0.15, -0.1) is 0 Å². The van der Waals surface area contributed by atoms with E-state index in [1.165, 1.54) is 32.4 Å². The number of carboxylic acids is 1. The van der Waals surface area contributed by atoms with Crippen LogP contribution in [-0.2, 0) is 11.2 Å². The van der Waals surface area contributed by atoms with Crippen molar-refractivity contribution < 1.29 is 28.5 Å². The second-order valence-corrected chi connectivity index (χ2v) is 8.31. The topological polar surface area (TPSA) is 65.0 Å². The van der Waals surface area contributed by atoms with Crippen LogP contribution in [0.5, 0.6) is 17.2 Å². The standard InChI is InChI=1S/C22H25FO5.C3H6.C2H6/c1-14(22(24)25)9-15-5-3-6-17(10-15)27-13-16-11-18(12-16)28-21-19(23)7-4-8-20(21)26-2;1-2-3-1;1-2/h3-8,10,14,16,18H,9,11-13H2,1-2H3,(H,24,25);1-3H2;1-2H3. The molecule has 5 nitrogen and oxygen atoms in total. The van der Waals surface area contributed by atoms with Gasteiger partial charge in [-0.2, -0.15) is 0 Å². The van der Waals surface area contributed by atoms with Gasteiger partial charge in [0.25, 0.3) is 0 Å². The molecule has 2 saturated carbocycles. The number of carboxylic acid groups (broad SMARTS) is 1. The van der Waals surface area contributed by atoms with Gasteiger partial charge in [0.15, 0.2) is 17.3 Å². The molecule has 0 amide bonds. The first kappa shape index (κ1) is 26.5. The minimum Gasteiger partial charge on any atom is -0.493 e. The Balaban J connectivity index is 0.000000695. The summed E-state index contributed by atoms with van der Waals surface area (Å²) in [5.74, 6) is -0.0405. The third-order valence-electron chi connectivity index (χ3n) is 5.33.